The summed E-state index contributed by atoms with van der Waals surface area (Å²) in [5.74, 6) is 1.18. The van der Waals surface area contributed by atoms with Crippen LogP contribution in [0.25, 0.3) is 0 Å². The van der Waals surface area contributed by atoms with Crippen molar-refractivity contribution in [3.05, 3.63) is 70.8 Å². The average molecular weight is 511 g/mol. The molecule has 8 fully saturated rings. The van der Waals surface area contributed by atoms with Crippen LogP contribution >= 0.6 is 0 Å². The summed E-state index contributed by atoms with van der Waals surface area (Å²) in [5, 5.41) is 20.3. The molecule has 38 heavy (non-hydrogen) atoms. The van der Waals surface area contributed by atoms with Crippen LogP contribution in [0.5, 0.6) is 0 Å². The second-order valence-corrected chi connectivity index (χ2v) is 14.7. The molecule has 4 unspecified atom stereocenters. The smallest absolute Gasteiger partial charge is 0.335 e. The highest BCUT2D eigenvalue weighted by molar-refractivity contribution is 5.90. The van der Waals surface area contributed by atoms with Gasteiger partial charge >= 0.3 is 11.9 Å². The number of aromatic carboxylic acids is 2. The van der Waals surface area contributed by atoms with E-state index < -0.39 is 11.9 Å². The molecule has 8 aliphatic rings. The molecule has 4 atom stereocenters. The Balaban J connectivity index is 1.26. The number of carboxylic acids is 2. The fourth-order valence-electron chi connectivity index (χ4n) is 12.7. The Morgan fingerprint density at radius 3 is 1.24 bits per heavy atom. The third-order valence-corrected chi connectivity index (χ3v) is 12.7. The summed E-state index contributed by atoms with van der Waals surface area (Å²) in [6.07, 6.45) is 14.7. The van der Waals surface area contributed by atoms with E-state index in [0.29, 0.717) is 34.8 Å². The van der Waals surface area contributed by atoms with Crippen molar-refractivity contribution in [2.24, 2.45) is 34.5 Å². The zero-order valence-corrected chi connectivity index (χ0v) is 22.1. The van der Waals surface area contributed by atoms with E-state index in [2.05, 4.69) is 24.3 Å². The lowest BCUT2D eigenvalue weighted by molar-refractivity contribution is -0.212. The van der Waals surface area contributed by atoms with Crippen molar-refractivity contribution in [3.63, 3.8) is 0 Å². The minimum atomic E-state index is -0.788. The summed E-state index contributed by atoms with van der Waals surface area (Å²) in [5.41, 5.74) is 3.70. The number of hydrogen-bond donors (Lipinski definition) is 2. The van der Waals surface area contributed by atoms with Crippen LogP contribution in [0.2, 0.25) is 0 Å². The van der Waals surface area contributed by atoms with Gasteiger partial charge in [0.05, 0.1) is 11.1 Å². The van der Waals surface area contributed by atoms with Crippen molar-refractivity contribution in [1.29, 1.82) is 0 Å². The van der Waals surface area contributed by atoms with Crippen LogP contribution in [0.4, 0.5) is 0 Å². The molecule has 2 N–H and O–H groups in total. The molecule has 2 aromatic rings. The molecule has 0 saturated heterocycles. The van der Waals surface area contributed by atoms with Crippen molar-refractivity contribution < 1.29 is 19.8 Å². The molecule has 0 heterocycles. The monoisotopic (exact) mass is 510 g/mol. The highest BCUT2D eigenvalue weighted by atomic mass is 16.4. The lowest BCUT2D eigenvalue weighted by atomic mass is 9.30. The number of benzene rings is 2. The molecule has 198 valence electrons. The normalized spacial score (nSPS) is 43.9. The van der Waals surface area contributed by atoms with Gasteiger partial charge in [0, 0.05) is 0 Å². The summed E-state index contributed by atoms with van der Waals surface area (Å²) < 4.78 is 0. The minimum absolute atomic E-state index is 0.0193. The Labute approximate surface area is 224 Å². The molecule has 8 bridgehead atoms. The van der Waals surface area contributed by atoms with E-state index in [4.69, 9.17) is 0 Å². The molecule has 8 saturated carbocycles. The second kappa shape index (κ2) is 7.52. The Hall–Kier alpha value is -2.62. The molecular formula is C34H38O4. The molecule has 8 aliphatic carbocycles. The maximum atomic E-state index is 12.4. The van der Waals surface area contributed by atoms with Crippen LogP contribution in [-0.4, -0.2) is 22.2 Å². The topological polar surface area (TPSA) is 74.6 Å². The summed E-state index contributed by atoms with van der Waals surface area (Å²) in [6.45, 7) is 0. The number of hydrogen-bond acceptors (Lipinski definition) is 2. The maximum absolute atomic E-state index is 12.4. The van der Waals surface area contributed by atoms with Gasteiger partial charge in [-0.25, -0.2) is 9.59 Å². The largest absolute Gasteiger partial charge is 0.478 e. The van der Waals surface area contributed by atoms with Gasteiger partial charge in [-0.1, -0.05) is 36.4 Å². The SMILES string of the molecule is O=C(O)c1ccccc1C12CC3CC(C1)CC(C14CC5CC(CC(c6ccccc6C(=O)O)(C5)C1)C4)(C3)C2. The third kappa shape index (κ3) is 2.98. The van der Waals surface area contributed by atoms with E-state index in [0.717, 1.165) is 49.7 Å². The fourth-order valence-corrected chi connectivity index (χ4v) is 12.7. The Morgan fingerprint density at radius 1 is 0.553 bits per heavy atom. The van der Waals surface area contributed by atoms with Gasteiger partial charge in [0.1, 0.15) is 0 Å². The van der Waals surface area contributed by atoms with E-state index >= 15 is 0 Å². The van der Waals surface area contributed by atoms with Crippen molar-refractivity contribution in [1.82, 2.24) is 0 Å². The molecule has 0 aliphatic heterocycles. The molecular weight excluding hydrogens is 472 g/mol. The summed E-state index contributed by atoms with van der Waals surface area (Å²) in [6, 6.07) is 15.8. The fraction of sp³-hybridized carbons (Fsp3) is 0.588. The molecule has 4 nitrogen and oxygen atoms in total. The van der Waals surface area contributed by atoms with Gasteiger partial charge in [0.2, 0.25) is 0 Å². The molecule has 10 rings (SSSR count). The van der Waals surface area contributed by atoms with Crippen molar-refractivity contribution in [3.8, 4) is 0 Å². The van der Waals surface area contributed by atoms with Gasteiger partial charge in [0.15, 0.2) is 0 Å². The number of carboxylic acid groups (broad SMARTS) is 2. The standard InChI is InChI=1S/C34H38O4/c35-29(36)25-5-1-3-7-27(25)31-11-21-9-22(12-31)16-33(15-21,19-31)34-17-23-10-24(18-34)14-32(13-23,20-34)28-8-4-2-6-26(28)30(37)38/h1-8,21-24H,9-20H2,(H,35,36)(H,37,38). The molecule has 0 spiro atoms. The number of carbonyl (C=O) groups is 2. The van der Waals surface area contributed by atoms with Crippen LogP contribution in [-0.2, 0) is 10.8 Å². The van der Waals surface area contributed by atoms with Gasteiger partial charge in [-0.2, -0.15) is 0 Å². The van der Waals surface area contributed by atoms with Crippen LogP contribution < -0.4 is 0 Å². The van der Waals surface area contributed by atoms with Gasteiger partial charge in [-0.15, -0.1) is 0 Å². The summed E-state index contributed by atoms with van der Waals surface area (Å²) in [4.78, 5) is 24.7. The van der Waals surface area contributed by atoms with Gasteiger partial charge < -0.3 is 10.2 Å². The predicted octanol–water partition coefficient (Wildman–Crippen LogP) is 7.46. The first-order valence-corrected chi connectivity index (χ1v) is 14.9. The Kier molecular flexibility index (Phi) is 4.61. The summed E-state index contributed by atoms with van der Waals surface area (Å²) >= 11 is 0. The lowest BCUT2D eigenvalue weighted by Crippen LogP contribution is -2.66. The second-order valence-electron chi connectivity index (χ2n) is 14.7. The first-order valence-electron chi connectivity index (χ1n) is 14.9. The van der Waals surface area contributed by atoms with Crippen molar-refractivity contribution in [2.75, 3.05) is 0 Å². The molecule has 4 heteroatoms. The van der Waals surface area contributed by atoms with Crippen molar-refractivity contribution >= 4 is 11.9 Å². The van der Waals surface area contributed by atoms with E-state index in [1.807, 2.05) is 24.3 Å². The van der Waals surface area contributed by atoms with Gasteiger partial charge in [-0.05, 0) is 146 Å². The van der Waals surface area contributed by atoms with Crippen molar-refractivity contribution in [2.45, 2.75) is 87.9 Å². The van der Waals surface area contributed by atoms with E-state index in [1.165, 1.54) is 38.5 Å². The molecule has 0 amide bonds. The Bertz CT molecular complexity index is 1220. The Morgan fingerprint density at radius 2 is 0.895 bits per heavy atom. The van der Waals surface area contributed by atoms with Crippen LogP contribution in [0, 0.1) is 34.5 Å². The zero-order valence-electron chi connectivity index (χ0n) is 22.1. The van der Waals surface area contributed by atoms with Crippen LogP contribution in [0.3, 0.4) is 0 Å². The minimum Gasteiger partial charge on any atom is -0.478 e. The number of rotatable bonds is 5. The van der Waals surface area contributed by atoms with Crippen LogP contribution in [0.1, 0.15) is 109 Å². The van der Waals surface area contributed by atoms with Crippen LogP contribution in [0.15, 0.2) is 48.5 Å². The highest BCUT2D eigenvalue weighted by Crippen LogP contribution is 2.79. The first-order chi connectivity index (χ1) is 18.2. The quantitative estimate of drug-likeness (QED) is 0.438. The van der Waals surface area contributed by atoms with E-state index in [-0.39, 0.29) is 21.7 Å². The molecule has 0 radical (unpaired) electrons. The van der Waals surface area contributed by atoms with Gasteiger partial charge in [-0.3, -0.25) is 0 Å². The van der Waals surface area contributed by atoms with E-state index in [9.17, 15) is 19.8 Å². The van der Waals surface area contributed by atoms with Gasteiger partial charge in [0.25, 0.3) is 0 Å². The lowest BCUT2D eigenvalue weighted by Gasteiger charge is -2.74. The molecule has 0 aromatic heterocycles. The first kappa shape index (κ1) is 23.3. The summed E-state index contributed by atoms with van der Waals surface area (Å²) in [7, 11) is 0. The average Bonchev–Trinajstić information content (AvgIpc) is 2.87. The zero-order chi connectivity index (χ0) is 25.9. The molecule has 2 aromatic carbocycles. The maximum Gasteiger partial charge on any atom is 0.335 e. The predicted molar refractivity (Wildman–Crippen MR) is 144 cm³/mol. The van der Waals surface area contributed by atoms with E-state index in [1.54, 1.807) is 0 Å². The third-order valence-electron chi connectivity index (χ3n) is 12.7. The highest BCUT2D eigenvalue weighted by Gasteiger charge is 2.70.